The van der Waals surface area contributed by atoms with Gasteiger partial charge in [-0.25, -0.2) is 13.1 Å². The van der Waals surface area contributed by atoms with Crippen LogP contribution in [0.4, 0.5) is 0 Å². The molecule has 9 heteroatoms. The highest BCUT2D eigenvalue weighted by Crippen LogP contribution is 2.33. The van der Waals surface area contributed by atoms with Gasteiger partial charge in [0.2, 0.25) is 0 Å². The Bertz CT molecular complexity index is 751. The Morgan fingerprint density at radius 3 is 2.64 bits per heavy atom. The van der Waals surface area contributed by atoms with Gasteiger partial charge in [-0.15, -0.1) is 0 Å². The zero-order valence-corrected chi connectivity index (χ0v) is 13.3. The number of nitrogens with one attached hydrogen (secondary N) is 1. The molecule has 1 aliphatic heterocycles. The van der Waals surface area contributed by atoms with Gasteiger partial charge < -0.3 is 4.74 Å². The van der Waals surface area contributed by atoms with Crippen molar-refractivity contribution in [3.63, 3.8) is 0 Å². The van der Waals surface area contributed by atoms with Gasteiger partial charge in [-0.3, -0.25) is 9.36 Å². The molecule has 2 aromatic rings. The van der Waals surface area contributed by atoms with Crippen LogP contribution in [-0.2, 0) is 28.9 Å². The fraction of sp³-hybridized carbons (Fsp3) is 0.538. The fourth-order valence-corrected chi connectivity index (χ4v) is 3.97. The van der Waals surface area contributed by atoms with Gasteiger partial charge in [0.25, 0.3) is 10.0 Å². The molecular formula is C13H19N5O3S. The summed E-state index contributed by atoms with van der Waals surface area (Å²) in [6.07, 6.45) is 3.85. The molecule has 0 spiro atoms. The van der Waals surface area contributed by atoms with Crippen LogP contribution in [0.15, 0.2) is 29.6 Å². The minimum atomic E-state index is -3.56. The zero-order chi connectivity index (χ0) is 15.7. The molecule has 8 nitrogen and oxygen atoms in total. The molecule has 22 heavy (non-hydrogen) atoms. The van der Waals surface area contributed by atoms with Crippen LogP contribution in [0.3, 0.4) is 0 Å². The molecule has 3 rings (SSSR count). The van der Waals surface area contributed by atoms with Gasteiger partial charge >= 0.3 is 0 Å². The van der Waals surface area contributed by atoms with E-state index in [1.807, 2.05) is 13.1 Å². The number of ether oxygens (including phenoxy) is 1. The quantitative estimate of drug-likeness (QED) is 0.848. The van der Waals surface area contributed by atoms with Gasteiger partial charge in [0.15, 0.2) is 5.03 Å². The number of aryl methyl sites for hydroxylation is 2. The Hall–Kier alpha value is -1.71. The van der Waals surface area contributed by atoms with E-state index >= 15 is 0 Å². The van der Waals surface area contributed by atoms with E-state index in [9.17, 15) is 8.42 Å². The predicted molar refractivity (Wildman–Crippen MR) is 78.4 cm³/mol. The largest absolute Gasteiger partial charge is 0.372 e. The van der Waals surface area contributed by atoms with E-state index in [2.05, 4.69) is 14.9 Å². The van der Waals surface area contributed by atoms with Crippen molar-refractivity contribution < 1.29 is 13.2 Å². The molecule has 0 bridgehead atoms. The minimum absolute atomic E-state index is 0.0819. The Morgan fingerprint density at radius 1 is 1.27 bits per heavy atom. The Balaban J connectivity index is 1.71. The lowest BCUT2D eigenvalue weighted by molar-refractivity contribution is 0.0850. The Labute approximate surface area is 129 Å². The Kier molecular flexibility index (Phi) is 4.02. The Morgan fingerprint density at radius 2 is 2.00 bits per heavy atom. The molecule has 1 fully saturated rings. The summed E-state index contributed by atoms with van der Waals surface area (Å²) in [6.45, 7) is 0.942. The summed E-state index contributed by atoms with van der Waals surface area (Å²) in [5.41, 5.74) is 0.960. The second-order valence-corrected chi connectivity index (χ2v) is 7.08. The van der Waals surface area contributed by atoms with Crippen LogP contribution < -0.4 is 4.72 Å². The topological polar surface area (TPSA) is 91.0 Å². The number of nitrogens with zero attached hydrogens (tertiary/aromatic N) is 4. The predicted octanol–water partition coefficient (Wildman–Crippen LogP) is 0.210. The molecule has 0 aromatic carbocycles. The second-order valence-electron chi connectivity index (χ2n) is 5.36. The number of hydrogen-bond acceptors (Lipinski definition) is 5. The van der Waals surface area contributed by atoms with Gasteiger partial charge in [-0.05, 0) is 18.6 Å². The maximum atomic E-state index is 12.3. The maximum absolute atomic E-state index is 12.3. The average molecular weight is 325 g/mol. The zero-order valence-electron chi connectivity index (χ0n) is 12.5. The van der Waals surface area contributed by atoms with E-state index < -0.39 is 10.0 Å². The SMILES string of the molecule is Cn1nccc1[C@@H]1OCC[C@H]1CNS(=O)(=O)c1ccnn1C. The summed E-state index contributed by atoms with van der Waals surface area (Å²) in [5.74, 6) is 0.0819. The summed E-state index contributed by atoms with van der Waals surface area (Å²) >= 11 is 0. The first-order chi connectivity index (χ1) is 10.5. The van der Waals surface area contributed by atoms with E-state index in [1.165, 1.54) is 16.9 Å². The van der Waals surface area contributed by atoms with Crippen LogP contribution in [-0.4, -0.2) is 41.1 Å². The smallest absolute Gasteiger partial charge is 0.257 e. The van der Waals surface area contributed by atoms with Crippen molar-refractivity contribution >= 4 is 10.0 Å². The molecule has 120 valence electrons. The first-order valence-corrected chi connectivity index (χ1v) is 8.54. The van der Waals surface area contributed by atoms with Gasteiger partial charge in [0.05, 0.1) is 11.9 Å². The molecule has 2 atom stereocenters. The van der Waals surface area contributed by atoms with Crippen molar-refractivity contribution in [3.8, 4) is 0 Å². The van der Waals surface area contributed by atoms with E-state index in [1.54, 1.807) is 17.9 Å². The van der Waals surface area contributed by atoms with Crippen LogP contribution in [0.1, 0.15) is 18.2 Å². The molecule has 2 aromatic heterocycles. The summed E-state index contributed by atoms with van der Waals surface area (Å²) in [7, 11) is -0.107. The van der Waals surface area contributed by atoms with Crippen molar-refractivity contribution in [2.75, 3.05) is 13.2 Å². The maximum Gasteiger partial charge on any atom is 0.257 e. The summed E-state index contributed by atoms with van der Waals surface area (Å²) < 4.78 is 36.1. The van der Waals surface area contributed by atoms with Gasteiger partial charge in [-0.2, -0.15) is 10.2 Å². The average Bonchev–Trinajstić information content (AvgIpc) is 3.16. The van der Waals surface area contributed by atoms with Crippen molar-refractivity contribution in [2.24, 2.45) is 20.0 Å². The molecule has 0 radical (unpaired) electrons. The molecule has 0 unspecified atom stereocenters. The fourth-order valence-electron chi connectivity index (χ4n) is 2.75. The van der Waals surface area contributed by atoms with Crippen molar-refractivity contribution in [1.82, 2.24) is 24.3 Å². The third-order valence-corrected chi connectivity index (χ3v) is 5.45. The van der Waals surface area contributed by atoms with Crippen molar-refractivity contribution in [1.29, 1.82) is 0 Å². The first-order valence-electron chi connectivity index (χ1n) is 7.06. The molecule has 0 amide bonds. The summed E-state index contributed by atoms with van der Waals surface area (Å²) in [6, 6.07) is 3.38. The number of sulfonamides is 1. The van der Waals surface area contributed by atoms with Crippen molar-refractivity contribution in [2.45, 2.75) is 17.6 Å². The number of aromatic nitrogens is 4. The van der Waals surface area contributed by atoms with Gasteiger partial charge in [0, 0.05) is 39.4 Å². The second kappa shape index (κ2) is 5.82. The normalized spacial score (nSPS) is 22.3. The van der Waals surface area contributed by atoms with Gasteiger partial charge in [0.1, 0.15) is 6.10 Å². The molecule has 1 saturated heterocycles. The van der Waals surface area contributed by atoms with E-state index in [0.29, 0.717) is 13.2 Å². The number of rotatable bonds is 5. The van der Waals surface area contributed by atoms with E-state index in [-0.39, 0.29) is 17.0 Å². The number of hydrogen-bond donors (Lipinski definition) is 1. The third kappa shape index (κ3) is 2.79. The van der Waals surface area contributed by atoms with Crippen LogP contribution in [0.2, 0.25) is 0 Å². The van der Waals surface area contributed by atoms with Crippen LogP contribution in [0, 0.1) is 5.92 Å². The molecule has 0 saturated carbocycles. The van der Waals surface area contributed by atoms with Gasteiger partial charge in [-0.1, -0.05) is 0 Å². The highest BCUT2D eigenvalue weighted by atomic mass is 32.2. The monoisotopic (exact) mass is 325 g/mol. The lowest BCUT2D eigenvalue weighted by Crippen LogP contribution is -2.32. The highest BCUT2D eigenvalue weighted by molar-refractivity contribution is 7.89. The molecule has 1 N–H and O–H groups in total. The first kappa shape index (κ1) is 15.2. The van der Waals surface area contributed by atoms with Crippen molar-refractivity contribution in [3.05, 3.63) is 30.2 Å². The lowest BCUT2D eigenvalue weighted by atomic mass is 9.99. The van der Waals surface area contributed by atoms with E-state index in [4.69, 9.17) is 4.74 Å². The van der Waals surface area contributed by atoms with Crippen LogP contribution in [0.25, 0.3) is 0 Å². The standard InChI is InChI=1S/C13H19N5O3S/c1-17-11(3-6-14-17)13-10(5-8-21-13)9-16-22(19,20)12-4-7-15-18(12)2/h3-4,6-7,10,13,16H,5,8-9H2,1-2H3/t10-,13+/m0/s1. The molecule has 1 aliphatic rings. The molecular weight excluding hydrogens is 306 g/mol. The summed E-state index contributed by atoms with van der Waals surface area (Å²) in [4.78, 5) is 0. The summed E-state index contributed by atoms with van der Waals surface area (Å²) in [5, 5.41) is 8.19. The third-order valence-electron chi connectivity index (χ3n) is 3.95. The van der Waals surface area contributed by atoms with Crippen LogP contribution >= 0.6 is 0 Å². The lowest BCUT2D eigenvalue weighted by Gasteiger charge is -2.19. The van der Waals surface area contributed by atoms with E-state index in [0.717, 1.165) is 12.1 Å². The minimum Gasteiger partial charge on any atom is -0.372 e. The van der Waals surface area contributed by atoms with Crippen LogP contribution in [0.5, 0.6) is 0 Å². The highest BCUT2D eigenvalue weighted by Gasteiger charge is 2.32. The molecule has 0 aliphatic carbocycles. The molecule has 3 heterocycles.